The first-order valence-electron chi connectivity index (χ1n) is 12.1. The van der Waals surface area contributed by atoms with E-state index in [2.05, 4.69) is 14.8 Å². The lowest BCUT2D eigenvalue weighted by Gasteiger charge is -2.23. The zero-order chi connectivity index (χ0) is 28.6. The lowest BCUT2D eigenvalue weighted by Crippen LogP contribution is -2.38. The number of ether oxygens (including phenoxy) is 1. The number of hydrogen-bond acceptors (Lipinski definition) is 5. The number of para-hydroxylation sites is 1. The number of amides is 1. The van der Waals surface area contributed by atoms with Crippen LogP contribution in [0.4, 0.5) is 8.78 Å². The number of methoxy groups -OCH3 is 1. The third-order valence-electron chi connectivity index (χ3n) is 6.62. The molecule has 11 heteroatoms. The Morgan fingerprint density at radius 2 is 1.62 bits per heavy atom. The number of nitrogens with zero attached hydrogens (tertiary/aromatic N) is 2. The predicted molar refractivity (Wildman–Crippen MR) is 149 cm³/mol. The molecule has 0 bridgehead atoms. The summed E-state index contributed by atoms with van der Waals surface area (Å²) in [7, 11) is 0.813. The van der Waals surface area contributed by atoms with Crippen LogP contribution < -0.4 is 5.56 Å². The molecule has 3 aromatic carbocycles. The largest absolute Gasteiger partial charge is 0.465 e. The first-order chi connectivity index (χ1) is 19.1. The van der Waals surface area contributed by atoms with Crippen LogP contribution >= 0.6 is 23.2 Å². The van der Waals surface area contributed by atoms with Crippen LogP contribution in [0.15, 0.2) is 82.7 Å². The van der Waals surface area contributed by atoms with Gasteiger partial charge in [0.1, 0.15) is 6.42 Å². The van der Waals surface area contributed by atoms with Gasteiger partial charge in [-0.25, -0.2) is 9.80 Å². The van der Waals surface area contributed by atoms with Crippen LogP contribution in [0.2, 0.25) is 10.0 Å². The first kappa shape index (κ1) is 27.5. The number of hydrogen-bond donors (Lipinski definition) is 1. The number of halogens is 4. The molecule has 0 saturated carbocycles. The number of pyridine rings is 1. The first-order valence-corrected chi connectivity index (χ1v) is 12.9. The van der Waals surface area contributed by atoms with E-state index >= 15 is 0 Å². The number of H-pyrrole nitrogens is 1. The molecule has 0 fully saturated rings. The van der Waals surface area contributed by atoms with Gasteiger partial charge >= 0.3 is 11.9 Å². The van der Waals surface area contributed by atoms with Crippen molar-refractivity contribution in [3.8, 4) is 11.1 Å². The van der Waals surface area contributed by atoms with E-state index in [9.17, 15) is 23.2 Å². The minimum atomic E-state index is -4.07. The van der Waals surface area contributed by atoms with E-state index in [1.807, 2.05) is 12.1 Å². The molecular formula is C29H21Cl2F2N3O4. The topological polar surface area (TPSA) is 91.8 Å². The van der Waals surface area contributed by atoms with Gasteiger partial charge in [0.15, 0.2) is 0 Å². The number of alkyl halides is 2. The molecule has 0 spiro atoms. The Hall–Kier alpha value is -4.08. The van der Waals surface area contributed by atoms with Gasteiger partial charge in [-0.2, -0.15) is 13.9 Å². The van der Waals surface area contributed by atoms with Crippen molar-refractivity contribution < 1.29 is 23.1 Å². The Morgan fingerprint density at radius 1 is 1.00 bits per heavy atom. The zero-order valence-electron chi connectivity index (χ0n) is 21.0. The molecule has 0 saturated heterocycles. The average molecular weight is 584 g/mol. The Bertz CT molecular complexity index is 1700. The molecule has 5 rings (SSSR count). The number of aromatic amines is 1. The summed E-state index contributed by atoms with van der Waals surface area (Å²) in [4.78, 5) is 41.2. The van der Waals surface area contributed by atoms with Gasteiger partial charge in [-0.05, 0) is 41.5 Å². The number of benzene rings is 3. The van der Waals surface area contributed by atoms with Crippen LogP contribution in [0.5, 0.6) is 0 Å². The van der Waals surface area contributed by atoms with Gasteiger partial charge in [0.2, 0.25) is 5.91 Å². The fraction of sp³-hybridized carbons (Fsp3) is 0.172. The van der Waals surface area contributed by atoms with E-state index in [4.69, 9.17) is 23.2 Å². The highest BCUT2D eigenvalue weighted by Crippen LogP contribution is 2.38. The minimum absolute atomic E-state index is 0.0409. The molecule has 1 aromatic heterocycles. The predicted octanol–water partition coefficient (Wildman–Crippen LogP) is 6.38. The van der Waals surface area contributed by atoms with Crippen LogP contribution in [0.1, 0.15) is 30.0 Å². The summed E-state index contributed by atoms with van der Waals surface area (Å²) in [5.74, 6) is -7.01. The minimum Gasteiger partial charge on any atom is -0.465 e. The average Bonchev–Trinajstić information content (AvgIpc) is 3.37. The second-order valence-electron chi connectivity index (χ2n) is 9.19. The number of aromatic nitrogens is 1. The maximum absolute atomic E-state index is 14.4. The number of rotatable bonds is 6. The van der Waals surface area contributed by atoms with Crippen LogP contribution in [0.25, 0.3) is 22.0 Å². The maximum Gasteiger partial charge on any atom is 0.377 e. The highest BCUT2D eigenvalue weighted by Gasteiger charge is 2.46. The molecule has 204 valence electrons. The number of carbonyl (C=O) groups excluding carboxylic acids is 2. The third kappa shape index (κ3) is 5.22. The molecule has 1 unspecified atom stereocenters. The van der Waals surface area contributed by atoms with Crippen molar-refractivity contribution >= 4 is 51.7 Å². The SMILES string of the molecule is COC(=O)C(F)(F)CC(=O)N1N=C(c2c(-c3ccc(Cl)cc3)c3ccccc3[nH]c2=O)CC1c1ccc(Cl)cc1. The summed E-state index contributed by atoms with van der Waals surface area (Å²) < 4.78 is 33.0. The number of hydrazone groups is 1. The van der Waals surface area contributed by atoms with Crippen molar-refractivity contribution in [3.63, 3.8) is 0 Å². The Morgan fingerprint density at radius 3 is 2.27 bits per heavy atom. The molecule has 2 heterocycles. The Labute approximate surface area is 237 Å². The van der Waals surface area contributed by atoms with E-state index in [1.54, 1.807) is 60.7 Å². The fourth-order valence-electron chi connectivity index (χ4n) is 4.76. The second kappa shape index (κ2) is 10.8. The quantitative estimate of drug-likeness (QED) is 0.267. The van der Waals surface area contributed by atoms with Crippen molar-refractivity contribution in [2.75, 3.05) is 7.11 Å². The number of fused-ring (bicyclic) bond motifs is 1. The van der Waals surface area contributed by atoms with Gasteiger partial charge < -0.3 is 9.72 Å². The molecule has 1 atom stereocenters. The molecule has 7 nitrogen and oxygen atoms in total. The maximum atomic E-state index is 14.4. The van der Waals surface area contributed by atoms with Crippen LogP contribution in [0.3, 0.4) is 0 Å². The Kier molecular flexibility index (Phi) is 7.44. The number of nitrogens with one attached hydrogen (secondary N) is 1. The van der Waals surface area contributed by atoms with Gasteiger partial charge in [0.25, 0.3) is 5.56 Å². The Balaban J connectivity index is 1.68. The summed E-state index contributed by atoms with van der Waals surface area (Å²) in [6.45, 7) is 0. The van der Waals surface area contributed by atoms with Gasteiger partial charge in [0, 0.05) is 32.9 Å². The van der Waals surface area contributed by atoms with E-state index < -0.39 is 35.8 Å². The lowest BCUT2D eigenvalue weighted by molar-refractivity contribution is -0.173. The van der Waals surface area contributed by atoms with Gasteiger partial charge in [-0.15, -0.1) is 0 Å². The standard InChI is InChI=1S/C29H21Cl2F2N3O4/c1-40-28(39)29(32,33)15-24(37)36-23(16-6-10-18(30)11-7-16)14-22(35-36)26-25(17-8-12-19(31)13-9-17)20-4-2-3-5-21(20)34-27(26)38/h2-13,23H,14-15H2,1H3,(H,34,38). The second-order valence-corrected chi connectivity index (χ2v) is 10.1. The van der Waals surface area contributed by atoms with Crippen molar-refractivity contribution in [3.05, 3.63) is 104 Å². The van der Waals surface area contributed by atoms with E-state index in [1.165, 1.54) is 0 Å². The molecule has 4 aromatic rings. The highest BCUT2D eigenvalue weighted by atomic mass is 35.5. The smallest absolute Gasteiger partial charge is 0.377 e. The molecule has 1 amide bonds. The highest BCUT2D eigenvalue weighted by molar-refractivity contribution is 6.31. The van der Waals surface area contributed by atoms with E-state index in [0.717, 1.165) is 12.1 Å². The molecule has 0 aliphatic carbocycles. The summed E-state index contributed by atoms with van der Waals surface area (Å²) in [5, 5.41) is 6.97. The van der Waals surface area contributed by atoms with Gasteiger partial charge in [0.05, 0.1) is 24.4 Å². The van der Waals surface area contributed by atoms with Gasteiger partial charge in [-0.1, -0.05) is 65.7 Å². The summed E-state index contributed by atoms with van der Waals surface area (Å²) in [5.41, 5.74) is 2.31. The number of esters is 1. The van der Waals surface area contributed by atoms with Crippen LogP contribution in [-0.4, -0.2) is 40.6 Å². The lowest BCUT2D eigenvalue weighted by atomic mass is 9.91. The van der Waals surface area contributed by atoms with Crippen molar-refractivity contribution in [1.29, 1.82) is 0 Å². The molecule has 1 aliphatic heterocycles. The molecule has 1 N–H and O–H groups in total. The normalized spacial score (nSPS) is 15.3. The molecule has 1 aliphatic rings. The third-order valence-corrected chi connectivity index (χ3v) is 7.13. The monoisotopic (exact) mass is 583 g/mol. The van der Waals surface area contributed by atoms with Crippen molar-refractivity contribution in [2.24, 2.45) is 5.10 Å². The molecule has 40 heavy (non-hydrogen) atoms. The van der Waals surface area contributed by atoms with E-state index in [0.29, 0.717) is 37.6 Å². The fourth-order valence-corrected chi connectivity index (χ4v) is 5.02. The molecule has 0 radical (unpaired) electrons. The molecular weight excluding hydrogens is 563 g/mol. The number of carbonyl (C=O) groups is 2. The van der Waals surface area contributed by atoms with Gasteiger partial charge in [-0.3, -0.25) is 9.59 Å². The summed E-state index contributed by atoms with van der Waals surface area (Å²) in [6, 6.07) is 19.8. The van der Waals surface area contributed by atoms with Crippen LogP contribution in [0, 0.1) is 0 Å². The zero-order valence-corrected chi connectivity index (χ0v) is 22.5. The summed E-state index contributed by atoms with van der Waals surface area (Å²) in [6.07, 6.45) is -1.42. The van der Waals surface area contributed by atoms with E-state index in [-0.39, 0.29) is 17.7 Å². The summed E-state index contributed by atoms with van der Waals surface area (Å²) >= 11 is 12.2. The van der Waals surface area contributed by atoms with Crippen LogP contribution in [-0.2, 0) is 14.3 Å². The van der Waals surface area contributed by atoms with Crippen molar-refractivity contribution in [1.82, 2.24) is 9.99 Å². The van der Waals surface area contributed by atoms with Crippen molar-refractivity contribution in [2.45, 2.75) is 24.8 Å².